The molecule has 36 heavy (non-hydrogen) atoms. The highest BCUT2D eigenvalue weighted by atomic mass is 32.1. The standard InChI is InChI=1S/C23H22F3N7O2S/c24-23(25,26)18-7-17(34)20(36-18)22(35)31-5-2-14(3-6-31)32-10-15(11-32)33-9-13(8-30-33)19-16-1-4-27-21(16)29-12-28-19/h1,4,7-9,12,14-15,34H,2-3,5-6,10-11H2,(H,27,28,29). The first-order valence-electron chi connectivity index (χ1n) is 11.5. The van der Waals surface area contributed by atoms with Gasteiger partial charge in [0.15, 0.2) is 0 Å². The Morgan fingerprint density at radius 2 is 1.94 bits per heavy atom. The highest BCUT2D eigenvalue weighted by Gasteiger charge is 2.38. The molecular formula is C23H22F3N7O2S. The number of aromatic amines is 1. The van der Waals surface area contributed by atoms with Gasteiger partial charge in [0.1, 0.15) is 27.5 Å². The van der Waals surface area contributed by atoms with Crippen LogP contribution in [0.4, 0.5) is 13.2 Å². The molecule has 0 atom stereocenters. The molecule has 9 nitrogen and oxygen atoms in total. The van der Waals surface area contributed by atoms with Crippen molar-refractivity contribution >= 4 is 28.3 Å². The third kappa shape index (κ3) is 4.01. The number of thiophene rings is 1. The Morgan fingerprint density at radius 1 is 1.17 bits per heavy atom. The van der Waals surface area contributed by atoms with Crippen LogP contribution in [-0.2, 0) is 6.18 Å². The quantitative estimate of drug-likeness (QED) is 0.427. The normalized spacial score (nSPS) is 18.1. The van der Waals surface area contributed by atoms with E-state index in [1.807, 2.05) is 29.3 Å². The van der Waals surface area contributed by atoms with Gasteiger partial charge in [0.25, 0.3) is 5.91 Å². The molecule has 0 bridgehead atoms. The van der Waals surface area contributed by atoms with Crippen molar-refractivity contribution in [3.05, 3.63) is 46.8 Å². The van der Waals surface area contributed by atoms with Gasteiger partial charge in [0.2, 0.25) is 0 Å². The van der Waals surface area contributed by atoms with E-state index in [-0.39, 0.29) is 10.9 Å². The molecule has 6 heterocycles. The lowest BCUT2D eigenvalue weighted by Gasteiger charge is -2.47. The van der Waals surface area contributed by atoms with Crippen molar-refractivity contribution in [1.82, 2.24) is 34.5 Å². The molecule has 6 rings (SSSR count). The van der Waals surface area contributed by atoms with Crippen LogP contribution in [0.25, 0.3) is 22.3 Å². The number of nitrogens with zero attached hydrogens (tertiary/aromatic N) is 6. The van der Waals surface area contributed by atoms with E-state index in [4.69, 9.17) is 0 Å². The number of aromatic hydroxyl groups is 1. The number of amides is 1. The van der Waals surface area contributed by atoms with Crippen LogP contribution >= 0.6 is 11.3 Å². The van der Waals surface area contributed by atoms with Gasteiger partial charge in [0, 0.05) is 61.6 Å². The molecule has 0 radical (unpaired) electrons. The minimum absolute atomic E-state index is 0.241. The second kappa shape index (κ2) is 8.59. The van der Waals surface area contributed by atoms with Gasteiger partial charge >= 0.3 is 6.18 Å². The first kappa shape index (κ1) is 23.0. The molecule has 2 aliphatic heterocycles. The van der Waals surface area contributed by atoms with Gasteiger partial charge in [-0.3, -0.25) is 14.4 Å². The minimum atomic E-state index is -4.58. The van der Waals surface area contributed by atoms with Crippen LogP contribution in [0.3, 0.4) is 0 Å². The Hall–Kier alpha value is -3.45. The lowest BCUT2D eigenvalue weighted by molar-refractivity contribution is -0.134. The summed E-state index contributed by atoms with van der Waals surface area (Å²) in [5.41, 5.74) is 2.54. The van der Waals surface area contributed by atoms with Crippen LogP contribution in [0.2, 0.25) is 0 Å². The van der Waals surface area contributed by atoms with E-state index in [2.05, 4.69) is 25.0 Å². The number of carbonyl (C=O) groups is 1. The van der Waals surface area contributed by atoms with E-state index >= 15 is 0 Å². The lowest BCUT2D eigenvalue weighted by Crippen LogP contribution is -2.56. The third-order valence-corrected chi connectivity index (χ3v) is 8.10. The van der Waals surface area contributed by atoms with Gasteiger partial charge < -0.3 is 15.0 Å². The van der Waals surface area contributed by atoms with Crippen LogP contribution in [0.15, 0.2) is 37.1 Å². The molecule has 2 aliphatic rings. The Morgan fingerprint density at radius 3 is 2.67 bits per heavy atom. The number of halogens is 3. The van der Waals surface area contributed by atoms with Crippen molar-refractivity contribution in [3.8, 4) is 17.0 Å². The van der Waals surface area contributed by atoms with Gasteiger partial charge in [-0.1, -0.05) is 0 Å². The van der Waals surface area contributed by atoms with E-state index in [1.165, 1.54) is 11.2 Å². The summed E-state index contributed by atoms with van der Waals surface area (Å²) in [4.78, 5) is 27.1. The van der Waals surface area contributed by atoms with Crippen LogP contribution in [-0.4, -0.2) is 77.8 Å². The van der Waals surface area contributed by atoms with Crippen molar-refractivity contribution in [2.24, 2.45) is 0 Å². The van der Waals surface area contributed by atoms with Crippen LogP contribution in [0.5, 0.6) is 5.75 Å². The molecule has 0 saturated carbocycles. The molecule has 4 aromatic heterocycles. The second-order valence-electron chi connectivity index (χ2n) is 9.13. The highest BCUT2D eigenvalue weighted by molar-refractivity contribution is 7.14. The fourth-order valence-corrected chi connectivity index (χ4v) is 5.85. The molecule has 0 aliphatic carbocycles. The molecule has 0 spiro atoms. The number of nitrogens with one attached hydrogen (secondary N) is 1. The molecule has 0 unspecified atom stereocenters. The molecule has 0 aromatic carbocycles. The number of alkyl halides is 3. The summed E-state index contributed by atoms with van der Waals surface area (Å²) in [6.07, 6.45) is 4.05. The topological polar surface area (TPSA) is 103 Å². The molecule has 4 aromatic rings. The Bertz CT molecular complexity index is 1410. The van der Waals surface area contributed by atoms with Gasteiger partial charge in [-0.25, -0.2) is 9.97 Å². The molecule has 13 heteroatoms. The van der Waals surface area contributed by atoms with E-state index in [0.29, 0.717) is 36.5 Å². The molecule has 1 amide bonds. The Kier molecular flexibility index (Phi) is 5.48. The summed E-state index contributed by atoms with van der Waals surface area (Å²) in [6.45, 7) is 2.55. The third-order valence-electron chi connectivity index (χ3n) is 6.95. The van der Waals surface area contributed by atoms with Gasteiger partial charge in [-0.2, -0.15) is 18.3 Å². The molecule has 2 fully saturated rings. The SMILES string of the molecule is O=C(c1sc(C(F)(F)F)cc1O)N1CCC(N2CC(n3cc(-c4ncnc5[nH]ccc45)cn3)C2)CC1. The molecule has 2 N–H and O–H groups in total. The summed E-state index contributed by atoms with van der Waals surface area (Å²) < 4.78 is 40.7. The summed E-state index contributed by atoms with van der Waals surface area (Å²) >= 11 is 0.294. The highest BCUT2D eigenvalue weighted by Crippen LogP contribution is 2.40. The number of hydrogen-bond donors (Lipinski definition) is 2. The Balaban J connectivity index is 1.04. The van der Waals surface area contributed by atoms with Crippen LogP contribution in [0, 0.1) is 0 Å². The van der Waals surface area contributed by atoms with Crippen LogP contribution in [0.1, 0.15) is 33.4 Å². The van der Waals surface area contributed by atoms with E-state index in [1.54, 1.807) is 0 Å². The molecular weight excluding hydrogens is 495 g/mol. The summed E-state index contributed by atoms with van der Waals surface area (Å²) in [5, 5.41) is 15.4. The average Bonchev–Trinajstić information content (AvgIpc) is 3.57. The predicted molar refractivity (Wildman–Crippen MR) is 126 cm³/mol. The summed E-state index contributed by atoms with van der Waals surface area (Å²) in [5.74, 6) is -1.15. The zero-order chi connectivity index (χ0) is 25.0. The van der Waals surface area contributed by atoms with Crippen LogP contribution < -0.4 is 0 Å². The van der Waals surface area contributed by atoms with Crippen molar-refractivity contribution in [2.45, 2.75) is 31.1 Å². The number of rotatable bonds is 4. The van der Waals surface area contributed by atoms with Crippen molar-refractivity contribution in [3.63, 3.8) is 0 Å². The zero-order valence-electron chi connectivity index (χ0n) is 18.9. The average molecular weight is 518 g/mol. The summed E-state index contributed by atoms with van der Waals surface area (Å²) in [6, 6.07) is 3.10. The Labute approximate surface area is 207 Å². The first-order chi connectivity index (χ1) is 17.3. The van der Waals surface area contributed by atoms with E-state index < -0.39 is 22.7 Å². The monoisotopic (exact) mass is 517 g/mol. The largest absolute Gasteiger partial charge is 0.506 e. The van der Waals surface area contributed by atoms with Gasteiger partial charge in [-0.05, 0) is 18.9 Å². The number of carbonyl (C=O) groups excluding carboxylic acids is 1. The van der Waals surface area contributed by atoms with Crippen molar-refractivity contribution < 1.29 is 23.1 Å². The fourth-order valence-electron chi connectivity index (χ4n) is 4.97. The maximum Gasteiger partial charge on any atom is 0.425 e. The van der Waals surface area contributed by atoms with Gasteiger partial charge in [-0.15, -0.1) is 11.3 Å². The van der Waals surface area contributed by atoms with Crippen molar-refractivity contribution in [2.75, 3.05) is 26.2 Å². The number of piperidine rings is 1. The number of aromatic nitrogens is 5. The molecule has 2 saturated heterocycles. The maximum atomic E-state index is 12.9. The summed E-state index contributed by atoms with van der Waals surface area (Å²) in [7, 11) is 0. The predicted octanol–water partition coefficient (Wildman–Crippen LogP) is 3.77. The smallest absolute Gasteiger partial charge is 0.425 e. The number of hydrogen-bond acceptors (Lipinski definition) is 7. The van der Waals surface area contributed by atoms with E-state index in [9.17, 15) is 23.1 Å². The van der Waals surface area contributed by atoms with Gasteiger partial charge in [0.05, 0.1) is 17.9 Å². The molecule has 188 valence electrons. The zero-order valence-corrected chi connectivity index (χ0v) is 19.8. The first-order valence-corrected chi connectivity index (χ1v) is 12.4. The number of H-pyrrole nitrogens is 1. The minimum Gasteiger partial charge on any atom is -0.506 e. The van der Waals surface area contributed by atoms with Crippen molar-refractivity contribution in [1.29, 1.82) is 0 Å². The second-order valence-corrected chi connectivity index (χ2v) is 10.2. The van der Waals surface area contributed by atoms with E-state index in [0.717, 1.165) is 48.2 Å². The number of fused-ring (bicyclic) bond motifs is 1. The maximum absolute atomic E-state index is 12.9. The number of likely N-dealkylation sites (tertiary alicyclic amines) is 2. The fraction of sp³-hybridized carbons (Fsp3) is 0.391. The lowest BCUT2D eigenvalue weighted by atomic mass is 9.97.